The standard InChI is InChI=1S/C24H21ClN4O/c1-15-9-7-14-21(16(15)2)29-23(18-10-5-4-6-11-18)27-22(28-29)24(30)26-20-13-8-12-19(25)17(20)3/h4-14H,1-3H3,(H,26,30). The van der Waals surface area contributed by atoms with Crippen LogP contribution in [0, 0.1) is 20.8 Å². The van der Waals surface area contributed by atoms with Crippen LogP contribution in [0.2, 0.25) is 5.02 Å². The Morgan fingerprint density at radius 1 is 0.900 bits per heavy atom. The zero-order chi connectivity index (χ0) is 21.3. The Labute approximate surface area is 180 Å². The van der Waals surface area contributed by atoms with Crippen LogP contribution in [0.4, 0.5) is 5.69 Å². The molecule has 0 radical (unpaired) electrons. The predicted molar refractivity (Wildman–Crippen MR) is 120 cm³/mol. The second kappa shape index (κ2) is 8.13. The molecule has 1 heterocycles. The van der Waals surface area contributed by atoms with Gasteiger partial charge in [-0.15, -0.1) is 5.10 Å². The van der Waals surface area contributed by atoms with Gasteiger partial charge in [-0.3, -0.25) is 4.79 Å². The van der Waals surface area contributed by atoms with Crippen molar-refractivity contribution in [1.29, 1.82) is 0 Å². The minimum atomic E-state index is -0.387. The maximum absolute atomic E-state index is 13.0. The first-order valence-electron chi connectivity index (χ1n) is 9.61. The van der Waals surface area contributed by atoms with Crippen molar-refractivity contribution in [3.8, 4) is 17.1 Å². The van der Waals surface area contributed by atoms with Crippen molar-refractivity contribution >= 4 is 23.2 Å². The van der Waals surface area contributed by atoms with Crippen molar-refractivity contribution in [3.05, 3.63) is 94.3 Å². The highest BCUT2D eigenvalue weighted by Gasteiger charge is 2.20. The van der Waals surface area contributed by atoms with E-state index in [0.717, 1.165) is 27.9 Å². The Morgan fingerprint density at radius 2 is 1.63 bits per heavy atom. The van der Waals surface area contributed by atoms with Crippen LogP contribution in [-0.2, 0) is 0 Å². The molecule has 4 aromatic rings. The molecular formula is C24H21ClN4O. The number of hydrogen-bond donors (Lipinski definition) is 1. The van der Waals surface area contributed by atoms with E-state index in [2.05, 4.69) is 15.4 Å². The number of aromatic nitrogens is 3. The molecule has 150 valence electrons. The van der Waals surface area contributed by atoms with Gasteiger partial charge in [0.15, 0.2) is 5.82 Å². The number of halogens is 1. The van der Waals surface area contributed by atoms with E-state index in [1.165, 1.54) is 0 Å². The third-order valence-corrected chi connectivity index (χ3v) is 5.57. The fourth-order valence-electron chi connectivity index (χ4n) is 3.24. The molecule has 0 saturated heterocycles. The number of carbonyl (C=O) groups excluding carboxylic acids is 1. The van der Waals surface area contributed by atoms with Crippen LogP contribution >= 0.6 is 11.6 Å². The quantitative estimate of drug-likeness (QED) is 0.459. The van der Waals surface area contributed by atoms with Crippen molar-refractivity contribution < 1.29 is 4.79 Å². The molecule has 1 amide bonds. The molecular weight excluding hydrogens is 396 g/mol. The molecule has 30 heavy (non-hydrogen) atoms. The summed E-state index contributed by atoms with van der Waals surface area (Å²) in [7, 11) is 0. The van der Waals surface area contributed by atoms with Crippen molar-refractivity contribution in [2.24, 2.45) is 0 Å². The lowest BCUT2D eigenvalue weighted by Crippen LogP contribution is -2.15. The second-order valence-corrected chi connectivity index (χ2v) is 7.53. The first-order chi connectivity index (χ1) is 14.5. The fraction of sp³-hybridized carbons (Fsp3) is 0.125. The van der Waals surface area contributed by atoms with Crippen LogP contribution in [0.3, 0.4) is 0 Å². The maximum Gasteiger partial charge on any atom is 0.295 e. The van der Waals surface area contributed by atoms with E-state index >= 15 is 0 Å². The van der Waals surface area contributed by atoms with E-state index in [-0.39, 0.29) is 11.7 Å². The Morgan fingerprint density at radius 3 is 2.40 bits per heavy atom. The minimum absolute atomic E-state index is 0.0918. The SMILES string of the molecule is Cc1cccc(-n2nc(C(=O)Nc3cccc(Cl)c3C)nc2-c2ccccc2)c1C. The molecule has 1 aromatic heterocycles. The summed E-state index contributed by atoms with van der Waals surface area (Å²) in [5.74, 6) is 0.313. The predicted octanol–water partition coefficient (Wildman–Crippen LogP) is 5.77. The second-order valence-electron chi connectivity index (χ2n) is 7.12. The van der Waals surface area contributed by atoms with Gasteiger partial charge in [-0.2, -0.15) is 0 Å². The van der Waals surface area contributed by atoms with E-state index in [4.69, 9.17) is 11.6 Å². The van der Waals surface area contributed by atoms with Gasteiger partial charge in [-0.1, -0.05) is 60.1 Å². The number of hydrogen-bond acceptors (Lipinski definition) is 3. The van der Waals surface area contributed by atoms with Crippen molar-refractivity contribution in [1.82, 2.24) is 14.8 Å². The minimum Gasteiger partial charge on any atom is -0.319 e. The Hall–Kier alpha value is -3.44. The molecule has 0 atom stereocenters. The van der Waals surface area contributed by atoms with Gasteiger partial charge in [0, 0.05) is 16.3 Å². The molecule has 0 aliphatic rings. The van der Waals surface area contributed by atoms with Crippen LogP contribution in [0.1, 0.15) is 27.3 Å². The smallest absolute Gasteiger partial charge is 0.295 e. The van der Waals surface area contributed by atoms with Gasteiger partial charge >= 0.3 is 0 Å². The van der Waals surface area contributed by atoms with Gasteiger partial charge < -0.3 is 5.32 Å². The van der Waals surface area contributed by atoms with Crippen LogP contribution in [0.5, 0.6) is 0 Å². The van der Waals surface area contributed by atoms with Crippen LogP contribution in [0.15, 0.2) is 66.7 Å². The normalized spacial score (nSPS) is 10.8. The van der Waals surface area contributed by atoms with E-state index < -0.39 is 0 Å². The number of aryl methyl sites for hydroxylation is 1. The first kappa shape index (κ1) is 19.9. The zero-order valence-corrected chi connectivity index (χ0v) is 17.7. The summed E-state index contributed by atoms with van der Waals surface area (Å²) in [6, 6.07) is 21.1. The monoisotopic (exact) mass is 416 g/mol. The highest BCUT2D eigenvalue weighted by molar-refractivity contribution is 6.31. The summed E-state index contributed by atoms with van der Waals surface area (Å²) in [6.07, 6.45) is 0. The lowest BCUT2D eigenvalue weighted by atomic mass is 10.1. The van der Waals surface area contributed by atoms with Crippen molar-refractivity contribution in [3.63, 3.8) is 0 Å². The highest BCUT2D eigenvalue weighted by Crippen LogP contribution is 2.26. The van der Waals surface area contributed by atoms with Crippen LogP contribution < -0.4 is 5.32 Å². The molecule has 5 nitrogen and oxygen atoms in total. The highest BCUT2D eigenvalue weighted by atomic mass is 35.5. The summed E-state index contributed by atoms with van der Waals surface area (Å²) in [5.41, 5.74) is 5.42. The topological polar surface area (TPSA) is 59.8 Å². The number of carbonyl (C=O) groups is 1. The van der Waals surface area contributed by atoms with E-state index in [0.29, 0.717) is 16.5 Å². The zero-order valence-electron chi connectivity index (χ0n) is 17.0. The summed E-state index contributed by atoms with van der Waals surface area (Å²) < 4.78 is 1.73. The number of rotatable bonds is 4. The molecule has 0 spiro atoms. The maximum atomic E-state index is 13.0. The third kappa shape index (κ3) is 3.72. The average Bonchev–Trinajstić information content (AvgIpc) is 3.19. The van der Waals surface area contributed by atoms with Gasteiger partial charge in [0.25, 0.3) is 5.91 Å². The largest absolute Gasteiger partial charge is 0.319 e. The molecule has 0 aliphatic carbocycles. The lowest BCUT2D eigenvalue weighted by Gasteiger charge is -2.11. The van der Waals surface area contributed by atoms with Crippen molar-refractivity contribution in [2.45, 2.75) is 20.8 Å². The lowest BCUT2D eigenvalue weighted by molar-refractivity contribution is 0.101. The summed E-state index contributed by atoms with van der Waals surface area (Å²) in [6.45, 7) is 5.94. The van der Waals surface area contributed by atoms with Gasteiger partial charge in [-0.05, 0) is 55.7 Å². The molecule has 6 heteroatoms. The molecule has 0 fully saturated rings. The van der Waals surface area contributed by atoms with E-state index in [9.17, 15) is 4.79 Å². The molecule has 3 aromatic carbocycles. The summed E-state index contributed by atoms with van der Waals surface area (Å²) in [4.78, 5) is 17.5. The van der Waals surface area contributed by atoms with Gasteiger partial charge in [0.2, 0.25) is 5.82 Å². The first-order valence-corrected chi connectivity index (χ1v) is 9.99. The van der Waals surface area contributed by atoms with Gasteiger partial charge in [0.1, 0.15) is 0 Å². The average molecular weight is 417 g/mol. The molecule has 0 bridgehead atoms. The summed E-state index contributed by atoms with van der Waals surface area (Å²) >= 11 is 6.18. The number of nitrogens with zero attached hydrogens (tertiary/aromatic N) is 3. The molecule has 0 saturated carbocycles. The Kier molecular flexibility index (Phi) is 5.38. The molecule has 4 rings (SSSR count). The Bertz CT molecular complexity index is 1230. The number of amides is 1. The summed E-state index contributed by atoms with van der Waals surface area (Å²) in [5, 5.41) is 8.03. The van der Waals surface area contributed by atoms with Gasteiger partial charge in [-0.25, -0.2) is 9.67 Å². The Balaban J connectivity index is 1.80. The molecule has 0 unspecified atom stereocenters. The van der Waals surface area contributed by atoms with Crippen molar-refractivity contribution in [2.75, 3.05) is 5.32 Å². The number of anilines is 1. The number of benzene rings is 3. The molecule has 1 N–H and O–H groups in total. The van der Waals surface area contributed by atoms with Crippen LogP contribution in [-0.4, -0.2) is 20.7 Å². The number of nitrogens with one attached hydrogen (secondary N) is 1. The molecule has 0 aliphatic heterocycles. The third-order valence-electron chi connectivity index (χ3n) is 5.16. The van der Waals surface area contributed by atoms with E-state index in [1.54, 1.807) is 22.9 Å². The van der Waals surface area contributed by atoms with Gasteiger partial charge in [0.05, 0.1) is 5.69 Å². The van der Waals surface area contributed by atoms with E-state index in [1.807, 2.05) is 69.3 Å². The fourth-order valence-corrected chi connectivity index (χ4v) is 3.41. The van der Waals surface area contributed by atoms with Crippen LogP contribution in [0.25, 0.3) is 17.1 Å².